The summed E-state index contributed by atoms with van der Waals surface area (Å²) in [5.74, 6) is 1.40. The van der Waals surface area contributed by atoms with Gasteiger partial charge in [-0.15, -0.1) is 0 Å². The van der Waals surface area contributed by atoms with E-state index in [-0.39, 0.29) is 29.8 Å². The molecule has 0 bridgehead atoms. The van der Waals surface area contributed by atoms with Gasteiger partial charge in [0.1, 0.15) is 11.6 Å². The molecule has 88 heavy (non-hydrogen) atoms. The maximum absolute atomic E-state index is 12.3. The van der Waals surface area contributed by atoms with E-state index in [9.17, 15) is 19.2 Å². The number of para-hydroxylation sites is 2. The lowest BCUT2D eigenvalue weighted by Gasteiger charge is -2.11. The molecule has 0 saturated heterocycles. The van der Waals surface area contributed by atoms with Crippen molar-refractivity contribution in [1.29, 1.82) is 0 Å². The molecule has 3 heterocycles. The summed E-state index contributed by atoms with van der Waals surface area (Å²) in [6.45, 7) is 16.3. The molecule has 11 aromatic rings. The molecule has 2 aromatic heterocycles. The van der Waals surface area contributed by atoms with Crippen LogP contribution in [0.3, 0.4) is 0 Å². The van der Waals surface area contributed by atoms with Gasteiger partial charge in [-0.3, -0.25) is 34.3 Å². The molecular weight excluding hydrogens is 1090 g/mol. The van der Waals surface area contributed by atoms with E-state index in [0.717, 1.165) is 55.7 Å². The van der Waals surface area contributed by atoms with Crippen LogP contribution in [0.2, 0.25) is 0 Å². The Labute approximate surface area is 512 Å². The van der Waals surface area contributed by atoms with Crippen LogP contribution in [0.15, 0.2) is 241 Å². The zero-order valence-corrected chi connectivity index (χ0v) is 50.4. The molecule has 14 nitrogen and oxygen atoms in total. The Kier molecular flexibility index (Phi) is 20.2. The lowest BCUT2D eigenvalue weighted by atomic mass is 10.0. The second-order valence-electron chi connectivity index (χ2n) is 21.4. The van der Waals surface area contributed by atoms with Crippen molar-refractivity contribution < 1.29 is 19.2 Å². The van der Waals surface area contributed by atoms with Crippen LogP contribution in [0.1, 0.15) is 97.7 Å². The van der Waals surface area contributed by atoms with E-state index in [4.69, 9.17) is 0 Å². The third-order valence-electron chi connectivity index (χ3n) is 14.2. The first kappa shape index (κ1) is 61.3. The van der Waals surface area contributed by atoms with E-state index in [1.165, 1.54) is 27.8 Å². The molecule has 0 radical (unpaired) electrons. The smallest absolute Gasteiger partial charge is 0.256 e. The monoisotopic (exact) mass is 1160 g/mol. The number of anilines is 4. The van der Waals surface area contributed by atoms with Gasteiger partial charge in [0.15, 0.2) is 17.8 Å². The van der Waals surface area contributed by atoms with Crippen LogP contribution in [0.4, 0.5) is 23.0 Å². The second-order valence-corrected chi connectivity index (χ2v) is 21.4. The standard InChI is InChI=1S/C22H20N2O2.C21H19N3O2.C16H15N3.C15H14N2/c1-15-6-10-17(11-7-15)21(25)23-19-4-3-5-20(14-19)24-22(26)18-12-8-16(2)9-13-18;1-14-6-10-16(11-7-14)20(25)23-18-4-3-5-19(22-18)24-21(26)17-12-8-15(2)9-13-17;1-11-3-7-13(8-4-11)15-17-16(19-18-15)14-9-5-12(2)6-10-14;1-10-6-5-7-11(2)14(10)15-16-12-8-3-4-9-13(12)17-15/h3-14H,1-2H3,(H,23,25)(H,24,26);3-13H,1-2H3,(H2,22,23,24,25,26);3-10H,1-2H3,(H,17,18,19);3-9,15H,1-2H3. The van der Waals surface area contributed by atoms with Gasteiger partial charge in [-0.05, 0) is 158 Å². The van der Waals surface area contributed by atoms with E-state index in [1.54, 1.807) is 91.0 Å². The van der Waals surface area contributed by atoms with Crippen LogP contribution < -0.4 is 32.0 Å². The van der Waals surface area contributed by atoms with Crippen molar-refractivity contribution in [1.82, 2.24) is 20.2 Å². The van der Waals surface area contributed by atoms with Crippen LogP contribution in [-0.2, 0) is 0 Å². The average Bonchev–Trinajstić information content (AvgIpc) is 3.13. The second kappa shape index (κ2) is 29.0. The van der Waals surface area contributed by atoms with Gasteiger partial charge in [0.25, 0.3) is 23.6 Å². The molecule has 1 aliphatic rings. The van der Waals surface area contributed by atoms with Gasteiger partial charge in [0.2, 0.25) is 0 Å². The topological polar surface area (TPSA) is 196 Å². The van der Waals surface area contributed by atoms with Crippen molar-refractivity contribution in [2.24, 2.45) is 9.98 Å². The summed E-state index contributed by atoms with van der Waals surface area (Å²) < 4.78 is 0. The van der Waals surface area contributed by atoms with E-state index in [1.807, 2.05) is 113 Å². The lowest BCUT2D eigenvalue weighted by Crippen LogP contribution is -2.19. The third-order valence-corrected chi connectivity index (χ3v) is 14.2. The van der Waals surface area contributed by atoms with Gasteiger partial charge in [-0.25, -0.2) is 9.97 Å². The molecule has 0 spiro atoms. The number of carbonyl (C=O) groups is 4. The van der Waals surface area contributed by atoms with Crippen LogP contribution in [0.25, 0.3) is 22.8 Å². The van der Waals surface area contributed by atoms with Gasteiger partial charge >= 0.3 is 0 Å². The SMILES string of the molecule is Cc1ccc(-c2n[nH]c(-c3ccc(C)cc3)n2)cc1.Cc1ccc(C(=O)Nc2cccc(NC(=O)c3ccc(C)cc3)c2)cc1.Cc1ccc(C(=O)Nc2cccc(NC(=O)c3ccc(C)cc3)n2)cc1.Cc1cccc(C)c1C1N=c2ccccc2=N1. The number of aromatic nitrogens is 4. The fourth-order valence-electron chi connectivity index (χ4n) is 9.12. The van der Waals surface area contributed by atoms with Crippen LogP contribution in [0, 0.1) is 55.4 Å². The summed E-state index contributed by atoms with van der Waals surface area (Å²) in [6, 6.07) is 72.3. The molecule has 4 amide bonds. The average molecular weight is 1160 g/mol. The van der Waals surface area contributed by atoms with Gasteiger partial charge in [-0.1, -0.05) is 173 Å². The number of aryl methyl sites for hydroxylation is 8. The van der Waals surface area contributed by atoms with Crippen LogP contribution in [0.5, 0.6) is 0 Å². The summed E-state index contributed by atoms with van der Waals surface area (Å²) in [5, 5.41) is 20.4. The number of H-pyrrole nitrogens is 1. The van der Waals surface area contributed by atoms with E-state index in [0.29, 0.717) is 45.3 Å². The number of nitrogens with one attached hydrogen (secondary N) is 5. The molecule has 0 atom stereocenters. The van der Waals surface area contributed by atoms with Gasteiger partial charge < -0.3 is 21.3 Å². The zero-order chi connectivity index (χ0) is 62.1. The number of hydrogen-bond donors (Lipinski definition) is 5. The number of nitrogens with zero attached hydrogens (tertiary/aromatic N) is 5. The minimum absolute atomic E-state index is 0.0615. The summed E-state index contributed by atoms with van der Waals surface area (Å²) in [7, 11) is 0. The molecule has 9 aromatic carbocycles. The number of fused-ring (bicyclic) bond motifs is 1. The third kappa shape index (κ3) is 17.0. The molecule has 12 rings (SSSR count). The highest BCUT2D eigenvalue weighted by molar-refractivity contribution is 6.07. The van der Waals surface area contributed by atoms with Gasteiger partial charge in [0.05, 0.1) is 10.7 Å². The maximum atomic E-state index is 12.3. The first-order valence-corrected chi connectivity index (χ1v) is 28.7. The predicted octanol–water partition coefficient (Wildman–Crippen LogP) is 15.0. The minimum Gasteiger partial charge on any atom is -0.322 e. The van der Waals surface area contributed by atoms with Crippen molar-refractivity contribution in [3.8, 4) is 22.8 Å². The number of pyridine rings is 1. The quantitative estimate of drug-likeness (QED) is 0.0849. The molecule has 438 valence electrons. The molecule has 14 heteroatoms. The van der Waals surface area contributed by atoms with Crippen molar-refractivity contribution >= 4 is 46.6 Å². The number of rotatable bonds is 11. The molecule has 0 unspecified atom stereocenters. The highest BCUT2D eigenvalue weighted by Crippen LogP contribution is 2.27. The Morgan fingerprint density at radius 1 is 0.352 bits per heavy atom. The van der Waals surface area contributed by atoms with Crippen molar-refractivity contribution in [2.75, 3.05) is 21.3 Å². The van der Waals surface area contributed by atoms with E-state index in [2.05, 4.69) is 134 Å². The number of hydrogen-bond acceptors (Lipinski definition) is 9. The molecule has 0 fully saturated rings. The van der Waals surface area contributed by atoms with E-state index >= 15 is 0 Å². The summed E-state index contributed by atoms with van der Waals surface area (Å²) >= 11 is 0. The highest BCUT2D eigenvalue weighted by Gasteiger charge is 2.17. The lowest BCUT2D eigenvalue weighted by molar-refractivity contribution is 0.101. The summed E-state index contributed by atoms with van der Waals surface area (Å²) in [5.41, 5.74) is 16.2. The van der Waals surface area contributed by atoms with E-state index < -0.39 is 0 Å². The first-order chi connectivity index (χ1) is 42.5. The van der Waals surface area contributed by atoms with Crippen LogP contribution in [-0.4, -0.2) is 43.8 Å². The van der Waals surface area contributed by atoms with Crippen molar-refractivity contribution in [3.05, 3.63) is 314 Å². The Bertz CT molecular complexity index is 3930. The first-order valence-electron chi connectivity index (χ1n) is 28.7. The summed E-state index contributed by atoms with van der Waals surface area (Å²) in [6.07, 6.45) is -0.0615. The normalized spacial score (nSPS) is 11.0. The summed E-state index contributed by atoms with van der Waals surface area (Å²) in [4.78, 5) is 67.3. The predicted molar refractivity (Wildman–Crippen MR) is 351 cm³/mol. The molecule has 5 N–H and O–H groups in total. The largest absolute Gasteiger partial charge is 0.322 e. The molecule has 1 aliphatic heterocycles. The number of carbonyl (C=O) groups excluding carboxylic acids is 4. The highest BCUT2D eigenvalue weighted by atomic mass is 16.2. The van der Waals surface area contributed by atoms with Crippen molar-refractivity contribution in [2.45, 2.75) is 61.6 Å². The maximum Gasteiger partial charge on any atom is 0.256 e. The Morgan fingerprint density at radius 3 is 1.09 bits per heavy atom. The fourth-order valence-corrected chi connectivity index (χ4v) is 9.12. The number of amides is 4. The Hall–Kier alpha value is -11.3. The van der Waals surface area contributed by atoms with Gasteiger partial charge in [-0.2, -0.15) is 5.10 Å². The van der Waals surface area contributed by atoms with Crippen LogP contribution >= 0.6 is 0 Å². The molecular formula is C74H68N10O4. The molecule has 0 aliphatic carbocycles. The Morgan fingerprint density at radius 2 is 0.693 bits per heavy atom. The Balaban J connectivity index is 0.000000142. The number of benzene rings is 9. The van der Waals surface area contributed by atoms with Gasteiger partial charge in [0, 0.05) is 50.3 Å². The number of aromatic amines is 1. The zero-order valence-electron chi connectivity index (χ0n) is 50.4. The van der Waals surface area contributed by atoms with Crippen molar-refractivity contribution in [3.63, 3.8) is 0 Å². The fraction of sp³-hybridized carbons (Fsp3) is 0.122. The minimum atomic E-state index is -0.250. The molecule has 0 saturated carbocycles.